The van der Waals surface area contributed by atoms with Gasteiger partial charge in [-0.2, -0.15) is 0 Å². The van der Waals surface area contributed by atoms with Gasteiger partial charge in [0.1, 0.15) is 0 Å². The summed E-state index contributed by atoms with van der Waals surface area (Å²) in [6.45, 7) is 5.03. The van der Waals surface area contributed by atoms with E-state index in [9.17, 15) is 9.59 Å². The van der Waals surface area contributed by atoms with Gasteiger partial charge in [-0.15, -0.1) is 6.42 Å². The molecule has 0 aromatic rings. The number of hydrogen-bond donors (Lipinski definition) is 3. The van der Waals surface area contributed by atoms with E-state index < -0.39 is 0 Å². The molecule has 0 aliphatic heterocycles. The average Bonchev–Trinajstić information content (AvgIpc) is 2.32. The molecule has 1 aliphatic rings. The van der Waals surface area contributed by atoms with Gasteiger partial charge in [0, 0.05) is 19.0 Å². The number of terminal acetylenes is 1. The Morgan fingerprint density at radius 2 is 1.90 bits per heavy atom. The minimum absolute atomic E-state index is 0.146. The number of nitrogens with one attached hydrogen (secondary N) is 3. The quantitative estimate of drug-likeness (QED) is 0.485. The molecule has 1 rings (SSSR count). The Labute approximate surface area is 121 Å². The third-order valence-electron chi connectivity index (χ3n) is 3.55. The molecular weight excluding hydrogens is 254 g/mol. The number of carbonyl (C=O) groups excluding carboxylic acids is 2. The molecular formula is C15H25N3O2. The number of hydrogen-bond acceptors (Lipinski definition) is 2. The molecule has 0 unspecified atom stereocenters. The Bertz CT molecular complexity index is 370. The van der Waals surface area contributed by atoms with Crippen LogP contribution in [0.25, 0.3) is 0 Å². The molecule has 0 heterocycles. The molecule has 5 heteroatoms. The highest BCUT2D eigenvalue weighted by molar-refractivity contribution is 5.79. The van der Waals surface area contributed by atoms with Gasteiger partial charge >= 0.3 is 6.03 Å². The van der Waals surface area contributed by atoms with Gasteiger partial charge in [0.2, 0.25) is 5.91 Å². The van der Waals surface area contributed by atoms with Crippen LogP contribution in [0.2, 0.25) is 0 Å². The second-order valence-electron chi connectivity index (χ2n) is 5.56. The predicted octanol–water partition coefficient (Wildman–Crippen LogP) is 1.25. The van der Waals surface area contributed by atoms with Crippen molar-refractivity contribution in [2.75, 3.05) is 13.1 Å². The smallest absolute Gasteiger partial charge is 0.315 e. The van der Waals surface area contributed by atoms with E-state index in [4.69, 9.17) is 6.42 Å². The van der Waals surface area contributed by atoms with Crippen LogP contribution in [0.4, 0.5) is 4.79 Å². The van der Waals surface area contributed by atoms with Crippen LogP contribution in [0.3, 0.4) is 0 Å². The van der Waals surface area contributed by atoms with Crippen LogP contribution in [0, 0.1) is 24.2 Å². The highest BCUT2D eigenvalue weighted by Crippen LogP contribution is 2.25. The summed E-state index contributed by atoms with van der Waals surface area (Å²) in [5, 5.41) is 8.35. The van der Waals surface area contributed by atoms with Gasteiger partial charge in [-0.25, -0.2) is 4.79 Å². The Hall–Kier alpha value is -1.70. The van der Waals surface area contributed by atoms with E-state index in [1.165, 1.54) is 0 Å². The lowest BCUT2D eigenvalue weighted by molar-refractivity contribution is -0.127. The summed E-state index contributed by atoms with van der Waals surface area (Å²) in [4.78, 5) is 23.1. The zero-order valence-corrected chi connectivity index (χ0v) is 12.4. The first-order chi connectivity index (χ1) is 9.54. The minimum Gasteiger partial charge on any atom is -0.356 e. The van der Waals surface area contributed by atoms with Crippen molar-refractivity contribution in [3.63, 3.8) is 0 Å². The zero-order valence-electron chi connectivity index (χ0n) is 12.4. The number of carbonyl (C=O) groups is 2. The molecule has 0 bridgehead atoms. The maximum absolute atomic E-state index is 11.6. The summed E-state index contributed by atoms with van der Waals surface area (Å²) >= 11 is 0. The fourth-order valence-corrected chi connectivity index (χ4v) is 1.91. The Morgan fingerprint density at radius 1 is 1.25 bits per heavy atom. The number of urea groups is 1. The molecule has 0 radical (unpaired) electrons. The molecule has 1 fully saturated rings. The van der Waals surface area contributed by atoms with E-state index >= 15 is 0 Å². The standard InChI is InChI=1S/C15H25N3O2/c1-4-13(11(2)3)18-15(20)17-10-6-9-16-14(19)12-7-5-8-12/h1,11-13H,5-10H2,2-3H3,(H,16,19)(H2,17,18,20)/t13-/m1/s1. The van der Waals surface area contributed by atoms with Crippen molar-refractivity contribution in [1.29, 1.82) is 0 Å². The number of amides is 3. The van der Waals surface area contributed by atoms with Gasteiger partial charge in [-0.05, 0) is 25.2 Å². The van der Waals surface area contributed by atoms with Crippen LogP contribution in [-0.4, -0.2) is 31.1 Å². The highest BCUT2D eigenvalue weighted by atomic mass is 16.2. The van der Waals surface area contributed by atoms with Crippen LogP contribution >= 0.6 is 0 Å². The van der Waals surface area contributed by atoms with E-state index in [0.717, 1.165) is 19.3 Å². The van der Waals surface area contributed by atoms with Crippen LogP contribution < -0.4 is 16.0 Å². The second kappa shape index (κ2) is 8.47. The van der Waals surface area contributed by atoms with Crippen LogP contribution in [-0.2, 0) is 4.79 Å². The maximum atomic E-state index is 11.6. The molecule has 1 saturated carbocycles. The molecule has 112 valence electrons. The summed E-state index contributed by atoms with van der Waals surface area (Å²) in [6.07, 6.45) is 9.23. The Morgan fingerprint density at radius 3 is 2.40 bits per heavy atom. The Balaban J connectivity index is 2.04. The SMILES string of the molecule is C#C[C@@H](NC(=O)NCCCNC(=O)C1CCC1)C(C)C. The summed E-state index contributed by atoms with van der Waals surface area (Å²) in [5.74, 6) is 3.11. The first kappa shape index (κ1) is 16.4. The van der Waals surface area contributed by atoms with Crippen molar-refractivity contribution in [3.8, 4) is 12.3 Å². The molecule has 3 amide bonds. The first-order valence-electron chi connectivity index (χ1n) is 7.32. The van der Waals surface area contributed by atoms with Gasteiger partial charge in [0.05, 0.1) is 6.04 Å². The molecule has 0 spiro atoms. The van der Waals surface area contributed by atoms with Gasteiger partial charge in [0.25, 0.3) is 0 Å². The maximum Gasteiger partial charge on any atom is 0.315 e. The molecule has 3 N–H and O–H groups in total. The van der Waals surface area contributed by atoms with E-state index in [0.29, 0.717) is 19.5 Å². The van der Waals surface area contributed by atoms with Gasteiger partial charge in [-0.1, -0.05) is 26.2 Å². The summed E-state index contributed by atoms with van der Waals surface area (Å²) in [6, 6.07) is -0.514. The summed E-state index contributed by atoms with van der Waals surface area (Å²) in [5.41, 5.74) is 0. The average molecular weight is 279 g/mol. The lowest BCUT2D eigenvalue weighted by Gasteiger charge is -2.24. The van der Waals surface area contributed by atoms with Crippen molar-refractivity contribution in [3.05, 3.63) is 0 Å². The normalized spacial score (nSPS) is 15.9. The van der Waals surface area contributed by atoms with Crippen molar-refractivity contribution >= 4 is 11.9 Å². The monoisotopic (exact) mass is 279 g/mol. The lowest BCUT2D eigenvalue weighted by atomic mass is 9.85. The van der Waals surface area contributed by atoms with Crippen LogP contribution in [0.15, 0.2) is 0 Å². The molecule has 1 aliphatic carbocycles. The minimum atomic E-state index is -0.257. The summed E-state index contributed by atoms with van der Waals surface area (Å²) in [7, 11) is 0. The molecule has 5 nitrogen and oxygen atoms in total. The highest BCUT2D eigenvalue weighted by Gasteiger charge is 2.24. The van der Waals surface area contributed by atoms with Gasteiger partial charge in [0.15, 0.2) is 0 Å². The Kier molecular flexibility index (Phi) is 6.92. The fraction of sp³-hybridized carbons (Fsp3) is 0.733. The third-order valence-corrected chi connectivity index (χ3v) is 3.55. The molecule has 0 aromatic carbocycles. The van der Waals surface area contributed by atoms with Crippen molar-refractivity contribution < 1.29 is 9.59 Å². The topological polar surface area (TPSA) is 70.2 Å². The van der Waals surface area contributed by atoms with E-state index in [2.05, 4.69) is 21.9 Å². The van der Waals surface area contributed by atoms with E-state index in [1.54, 1.807) is 0 Å². The fourth-order valence-electron chi connectivity index (χ4n) is 1.91. The van der Waals surface area contributed by atoms with Crippen molar-refractivity contribution in [2.24, 2.45) is 11.8 Å². The third kappa shape index (κ3) is 5.52. The van der Waals surface area contributed by atoms with Crippen LogP contribution in [0.1, 0.15) is 39.5 Å². The molecule has 0 aromatic heterocycles. The molecule has 1 atom stereocenters. The molecule has 20 heavy (non-hydrogen) atoms. The van der Waals surface area contributed by atoms with E-state index in [1.807, 2.05) is 13.8 Å². The van der Waals surface area contributed by atoms with Crippen LogP contribution in [0.5, 0.6) is 0 Å². The zero-order chi connectivity index (χ0) is 15.0. The van der Waals surface area contributed by atoms with Gasteiger partial charge in [-0.3, -0.25) is 4.79 Å². The number of rotatable bonds is 7. The second-order valence-corrected chi connectivity index (χ2v) is 5.56. The predicted molar refractivity (Wildman–Crippen MR) is 79.0 cm³/mol. The lowest BCUT2D eigenvalue weighted by Crippen LogP contribution is -2.44. The molecule has 0 saturated heterocycles. The first-order valence-corrected chi connectivity index (χ1v) is 7.32. The van der Waals surface area contributed by atoms with Gasteiger partial charge < -0.3 is 16.0 Å². The van der Waals surface area contributed by atoms with E-state index in [-0.39, 0.29) is 29.8 Å². The largest absolute Gasteiger partial charge is 0.356 e. The summed E-state index contributed by atoms with van der Waals surface area (Å²) < 4.78 is 0. The van der Waals surface area contributed by atoms with Crippen molar-refractivity contribution in [2.45, 2.75) is 45.6 Å². The van der Waals surface area contributed by atoms with Crippen molar-refractivity contribution in [1.82, 2.24) is 16.0 Å².